The summed E-state index contributed by atoms with van der Waals surface area (Å²) in [7, 11) is 1.93. The molecule has 3 aromatic rings. The fraction of sp³-hybridized carbons (Fsp3) is 0.200. The minimum Gasteiger partial charge on any atom is -0.507 e. The van der Waals surface area contributed by atoms with Gasteiger partial charge in [-0.3, -0.25) is 14.5 Å². The van der Waals surface area contributed by atoms with E-state index in [4.69, 9.17) is 20.8 Å². The monoisotopic (exact) mass is 464 g/mol. The molecule has 8 heteroatoms. The van der Waals surface area contributed by atoms with Crippen molar-refractivity contribution in [2.45, 2.75) is 13.0 Å². The van der Waals surface area contributed by atoms with Gasteiger partial charge in [0.1, 0.15) is 35.7 Å². The second kappa shape index (κ2) is 8.01. The molecule has 7 nitrogen and oxygen atoms in total. The van der Waals surface area contributed by atoms with Crippen LogP contribution in [0.25, 0.3) is 5.76 Å². The normalized spacial score (nSPS) is 19.5. The van der Waals surface area contributed by atoms with Gasteiger partial charge in [0.2, 0.25) is 0 Å². The molecule has 0 spiro atoms. The van der Waals surface area contributed by atoms with Crippen LogP contribution in [-0.4, -0.2) is 37.0 Å². The zero-order valence-corrected chi connectivity index (χ0v) is 18.8. The lowest BCUT2D eigenvalue weighted by Crippen LogP contribution is -2.29. The predicted octanol–water partition coefficient (Wildman–Crippen LogP) is 4.70. The van der Waals surface area contributed by atoms with Crippen LogP contribution in [0.3, 0.4) is 0 Å². The number of benzene rings is 2. The molecule has 1 unspecified atom stereocenters. The molecule has 168 valence electrons. The highest BCUT2D eigenvalue weighted by Gasteiger charge is 2.48. The molecule has 1 saturated heterocycles. The zero-order valence-electron chi connectivity index (χ0n) is 18.0. The average Bonchev–Trinajstić information content (AvgIpc) is 3.34. The maximum atomic E-state index is 13.2. The molecule has 1 atom stereocenters. The summed E-state index contributed by atoms with van der Waals surface area (Å²) in [6.45, 7) is 3.04. The summed E-state index contributed by atoms with van der Waals surface area (Å²) >= 11 is 6.16. The summed E-state index contributed by atoms with van der Waals surface area (Å²) in [5.74, 6) is -0.164. The first-order chi connectivity index (χ1) is 15.8. The topological polar surface area (TPSA) is 83.2 Å². The van der Waals surface area contributed by atoms with Crippen LogP contribution in [0.15, 0.2) is 64.6 Å². The van der Waals surface area contributed by atoms with Crippen LogP contribution in [-0.2, 0) is 9.59 Å². The molecule has 5 rings (SSSR count). The third-order valence-corrected chi connectivity index (χ3v) is 6.12. The minimum atomic E-state index is -0.942. The molecule has 0 bridgehead atoms. The second-order valence-electron chi connectivity index (χ2n) is 8.05. The number of halogens is 1. The molecule has 0 saturated carbocycles. The van der Waals surface area contributed by atoms with E-state index in [9.17, 15) is 14.7 Å². The Balaban J connectivity index is 1.69. The van der Waals surface area contributed by atoms with Gasteiger partial charge in [0.25, 0.3) is 11.7 Å². The summed E-state index contributed by atoms with van der Waals surface area (Å²) < 4.78 is 11.5. The molecule has 1 amide bonds. The van der Waals surface area contributed by atoms with E-state index >= 15 is 0 Å². The number of ketones is 1. The molecule has 0 aliphatic carbocycles. The number of nitrogens with zero attached hydrogens (tertiary/aromatic N) is 2. The van der Waals surface area contributed by atoms with Gasteiger partial charge in [-0.05, 0) is 55.5 Å². The van der Waals surface area contributed by atoms with Crippen LogP contribution in [0, 0.1) is 6.92 Å². The number of ether oxygens (including phenoxy) is 1. The van der Waals surface area contributed by atoms with Crippen LogP contribution in [0.1, 0.15) is 23.1 Å². The van der Waals surface area contributed by atoms with Crippen LogP contribution < -0.4 is 14.5 Å². The number of aliphatic hydroxyl groups excluding tert-OH is 1. The number of aliphatic hydroxyl groups is 1. The lowest BCUT2D eigenvalue weighted by atomic mass is 9.98. The smallest absolute Gasteiger partial charge is 0.300 e. The summed E-state index contributed by atoms with van der Waals surface area (Å²) in [5.41, 5.74) is 1.58. The fourth-order valence-corrected chi connectivity index (χ4v) is 4.43. The Morgan fingerprint density at radius 3 is 2.67 bits per heavy atom. The number of furan rings is 1. The SMILES string of the molecule is Cc1ccc(C2/C(=C(/O)c3ccc4c(c3)N(C)CCO4)C(=O)C(=O)N2c2cccc(Cl)c2)o1. The van der Waals surface area contributed by atoms with Gasteiger partial charge >= 0.3 is 0 Å². The molecule has 1 fully saturated rings. The number of carbonyl (C=O) groups excluding carboxylic acids is 2. The molecule has 1 N–H and O–H groups in total. The van der Waals surface area contributed by atoms with Crippen LogP contribution in [0.2, 0.25) is 5.02 Å². The molecule has 33 heavy (non-hydrogen) atoms. The standard InChI is InChI=1S/C25H21ClN2O5/c1-14-6-8-20(33-14)22-21(24(30)25(31)28(22)17-5-3-4-16(26)13-17)23(29)15-7-9-19-18(12-15)27(2)10-11-32-19/h3-9,12-13,22,29H,10-11H2,1-2H3/b23-21-. The first-order valence-corrected chi connectivity index (χ1v) is 10.8. The molecular weight excluding hydrogens is 444 g/mol. The number of anilines is 2. The third kappa shape index (κ3) is 3.54. The minimum absolute atomic E-state index is 0.0475. The number of carbonyl (C=O) groups is 2. The molecule has 1 aromatic heterocycles. The van der Waals surface area contributed by atoms with E-state index < -0.39 is 17.7 Å². The Bertz CT molecular complexity index is 1310. The number of likely N-dealkylation sites (N-methyl/N-ethyl adjacent to an activating group) is 1. The molecule has 2 aliphatic rings. The van der Waals surface area contributed by atoms with E-state index in [0.717, 1.165) is 5.69 Å². The summed E-state index contributed by atoms with van der Waals surface area (Å²) in [6.07, 6.45) is 0. The molecule has 2 aliphatic heterocycles. The van der Waals surface area contributed by atoms with Crippen molar-refractivity contribution in [2.75, 3.05) is 30.0 Å². The van der Waals surface area contributed by atoms with Crippen molar-refractivity contribution in [1.82, 2.24) is 0 Å². The van der Waals surface area contributed by atoms with E-state index in [-0.39, 0.29) is 11.3 Å². The molecule has 0 radical (unpaired) electrons. The van der Waals surface area contributed by atoms with Crippen molar-refractivity contribution in [1.29, 1.82) is 0 Å². The number of amides is 1. The van der Waals surface area contributed by atoms with E-state index in [1.807, 2.05) is 11.9 Å². The van der Waals surface area contributed by atoms with Crippen molar-refractivity contribution in [3.8, 4) is 5.75 Å². The van der Waals surface area contributed by atoms with E-state index in [1.54, 1.807) is 61.5 Å². The van der Waals surface area contributed by atoms with Crippen molar-refractivity contribution in [3.63, 3.8) is 0 Å². The van der Waals surface area contributed by atoms with E-state index in [0.29, 0.717) is 46.7 Å². The Kier molecular flexibility index (Phi) is 5.13. The molecule has 3 heterocycles. The highest BCUT2D eigenvalue weighted by molar-refractivity contribution is 6.51. The quantitative estimate of drug-likeness (QED) is 0.344. The van der Waals surface area contributed by atoms with Crippen molar-refractivity contribution in [3.05, 3.63) is 82.3 Å². The number of hydrogen-bond donors (Lipinski definition) is 1. The molecular formula is C25H21ClN2O5. The highest BCUT2D eigenvalue weighted by atomic mass is 35.5. The van der Waals surface area contributed by atoms with Gasteiger partial charge in [-0.15, -0.1) is 0 Å². The lowest BCUT2D eigenvalue weighted by molar-refractivity contribution is -0.132. The number of rotatable bonds is 3. The number of aryl methyl sites for hydroxylation is 1. The van der Waals surface area contributed by atoms with E-state index in [2.05, 4.69) is 0 Å². The van der Waals surface area contributed by atoms with Gasteiger partial charge in [-0.1, -0.05) is 17.7 Å². The first kappa shape index (κ1) is 21.2. The van der Waals surface area contributed by atoms with Gasteiger partial charge in [-0.25, -0.2) is 0 Å². The fourth-order valence-electron chi connectivity index (χ4n) is 4.25. The summed E-state index contributed by atoms with van der Waals surface area (Å²) in [6, 6.07) is 14.3. The van der Waals surface area contributed by atoms with Gasteiger partial charge in [0.05, 0.1) is 17.8 Å². The Labute approximate surface area is 195 Å². The van der Waals surface area contributed by atoms with Gasteiger partial charge in [0, 0.05) is 23.3 Å². The van der Waals surface area contributed by atoms with Crippen LogP contribution in [0.4, 0.5) is 11.4 Å². The van der Waals surface area contributed by atoms with Crippen molar-refractivity contribution >= 4 is 40.4 Å². The number of Topliss-reactive ketones (excluding diaryl/α,β-unsaturated/α-hetero) is 1. The average molecular weight is 465 g/mol. The summed E-state index contributed by atoms with van der Waals surface area (Å²) in [5, 5.41) is 11.7. The number of fused-ring (bicyclic) bond motifs is 1. The Morgan fingerprint density at radius 1 is 1.12 bits per heavy atom. The maximum absolute atomic E-state index is 13.2. The first-order valence-electron chi connectivity index (χ1n) is 10.5. The zero-order chi connectivity index (χ0) is 23.3. The highest BCUT2D eigenvalue weighted by Crippen LogP contribution is 2.44. The van der Waals surface area contributed by atoms with Gasteiger partial charge in [-0.2, -0.15) is 0 Å². The predicted molar refractivity (Wildman–Crippen MR) is 125 cm³/mol. The lowest BCUT2D eigenvalue weighted by Gasteiger charge is -2.28. The van der Waals surface area contributed by atoms with Crippen molar-refractivity contribution in [2.24, 2.45) is 0 Å². The Hall–Kier alpha value is -3.71. The van der Waals surface area contributed by atoms with Gasteiger partial charge in [0.15, 0.2) is 0 Å². The van der Waals surface area contributed by atoms with Crippen LogP contribution in [0.5, 0.6) is 5.75 Å². The van der Waals surface area contributed by atoms with Gasteiger partial charge < -0.3 is 19.2 Å². The van der Waals surface area contributed by atoms with E-state index in [1.165, 1.54) is 4.90 Å². The summed E-state index contributed by atoms with van der Waals surface area (Å²) in [4.78, 5) is 29.7. The maximum Gasteiger partial charge on any atom is 0.300 e. The second-order valence-corrected chi connectivity index (χ2v) is 8.49. The molecule has 2 aromatic carbocycles. The van der Waals surface area contributed by atoms with Crippen LogP contribution >= 0.6 is 11.6 Å². The number of hydrogen-bond acceptors (Lipinski definition) is 6. The van der Waals surface area contributed by atoms with Crippen molar-refractivity contribution < 1.29 is 23.8 Å². The largest absolute Gasteiger partial charge is 0.507 e. The third-order valence-electron chi connectivity index (χ3n) is 5.89. The Morgan fingerprint density at radius 2 is 1.94 bits per heavy atom.